The van der Waals surface area contributed by atoms with E-state index in [1.807, 2.05) is 4.68 Å². The summed E-state index contributed by atoms with van der Waals surface area (Å²) in [6.45, 7) is 14.2. The average molecular weight is 267 g/mol. The Morgan fingerprint density at radius 1 is 1.11 bits per heavy atom. The molecule has 1 aromatic heterocycles. The van der Waals surface area contributed by atoms with Crippen molar-refractivity contribution in [1.29, 1.82) is 0 Å². The van der Waals surface area contributed by atoms with E-state index in [-0.39, 0.29) is 6.04 Å². The van der Waals surface area contributed by atoms with Crippen LogP contribution < -0.4 is 5.32 Å². The lowest BCUT2D eigenvalue weighted by Crippen LogP contribution is -2.28. The number of tetrazole rings is 1. The molecule has 0 aliphatic carbocycles. The molecule has 0 fully saturated rings. The van der Waals surface area contributed by atoms with Crippen molar-refractivity contribution in [1.82, 2.24) is 25.5 Å². The standard InChI is InChI=1S/C14H29N5/c1-7-13(8-2)12(6)19-14(16-17-18-19)11(5)15-9-10(3)4/h10-13,15H,7-9H2,1-6H3. The molecule has 19 heavy (non-hydrogen) atoms. The van der Waals surface area contributed by atoms with E-state index in [2.05, 4.69) is 62.4 Å². The zero-order valence-electron chi connectivity index (χ0n) is 13.2. The summed E-state index contributed by atoms with van der Waals surface area (Å²) >= 11 is 0. The summed E-state index contributed by atoms with van der Waals surface area (Å²) in [4.78, 5) is 0. The van der Waals surface area contributed by atoms with Crippen molar-refractivity contribution >= 4 is 0 Å². The third-order valence-corrected chi connectivity index (χ3v) is 3.85. The fraction of sp³-hybridized carbons (Fsp3) is 0.929. The van der Waals surface area contributed by atoms with Crippen LogP contribution in [-0.2, 0) is 0 Å². The minimum absolute atomic E-state index is 0.189. The van der Waals surface area contributed by atoms with Gasteiger partial charge in [0.2, 0.25) is 0 Å². The highest BCUT2D eigenvalue weighted by atomic mass is 15.6. The molecule has 1 N–H and O–H groups in total. The van der Waals surface area contributed by atoms with Crippen molar-refractivity contribution < 1.29 is 0 Å². The van der Waals surface area contributed by atoms with Crippen LogP contribution in [0.3, 0.4) is 0 Å². The number of aromatic nitrogens is 4. The Morgan fingerprint density at radius 2 is 1.74 bits per heavy atom. The molecule has 0 aliphatic heterocycles. The molecule has 0 saturated heterocycles. The topological polar surface area (TPSA) is 55.6 Å². The van der Waals surface area contributed by atoms with Crippen molar-refractivity contribution in [3.8, 4) is 0 Å². The first-order chi connectivity index (χ1) is 9.01. The van der Waals surface area contributed by atoms with Gasteiger partial charge in [-0.1, -0.05) is 40.5 Å². The van der Waals surface area contributed by atoms with Gasteiger partial charge in [0.05, 0.1) is 12.1 Å². The minimum atomic E-state index is 0.189. The molecule has 0 aromatic carbocycles. The van der Waals surface area contributed by atoms with Crippen LogP contribution in [0.25, 0.3) is 0 Å². The zero-order chi connectivity index (χ0) is 14.4. The molecule has 0 radical (unpaired) electrons. The van der Waals surface area contributed by atoms with Gasteiger partial charge in [-0.15, -0.1) is 5.10 Å². The molecule has 0 saturated carbocycles. The summed E-state index contributed by atoms with van der Waals surface area (Å²) in [6, 6.07) is 0.539. The third-order valence-electron chi connectivity index (χ3n) is 3.85. The quantitative estimate of drug-likeness (QED) is 0.786. The summed E-state index contributed by atoms with van der Waals surface area (Å²) in [7, 11) is 0. The Morgan fingerprint density at radius 3 is 2.26 bits per heavy atom. The van der Waals surface area contributed by atoms with E-state index in [0.717, 1.165) is 25.2 Å². The largest absolute Gasteiger partial charge is 0.307 e. The van der Waals surface area contributed by atoms with Crippen molar-refractivity contribution in [2.75, 3.05) is 6.54 Å². The lowest BCUT2D eigenvalue weighted by Gasteiger charge is -2.24. The fourth-order valence-corrected chi connectivity index (χ4v) is 2.45. The summed E-state index contributed by atoms with van der Waals surface area (Å²) in [6.07, 6.45) is 2.32. The SMILES string of the molecule is CCC(CC)C(C)n1nnnc1C(C)NCC(C)C. The summed E-state index contributed by atoms with van der Waals surface area (Å²) in [5, 5.41) is 15.8. The molecular formula is C14H29N5. The molecule has 2 atom stereocenters. The molecule has 0 aliphatic rings. The number of hydrogen-bond donors (Lipinski definition) is 1. The molecule has 1 heterocycles. The molecule has 1 aromatic rings. The highest BCUT2D eigenvalue weighted by Crippen LogP contribution is 2.25. The van der Waals surface area contributed by atoms with Crippen LogP contribution in [0, 0.1) is 11.8 Å². The second-order valence-electron chi connectivity index (χ2n) is 5.82. The van der Waals surface area contributed by atoms with Gasteiger partial charge < -0.3 is 5.32 Å². The van der Waals surface area contributed by atoms with E-state index in [0.29, 0.717) is 17.9 Å². The molecule has 5 nitrogen and oxygen atoms in total. The lowest BCUT2D eigenvalue weighted by atomic mass is 9.95. The van der Waals surface area contributed by atoms with Gasteiger partial charge >= 0.3 is 0 Å². The molecule has 110 valence electrons. The Hall–Kier alpha value is -0.970. The van der Waals surface area contributed by atoms with Crippen LogP contribution in [0.15, 0.2) is 0 Å². The van der Waals surface area contributed by atoms with Crippen molar-refractivity contribution in [2.24, 2.45) is 11.8 Å². The van der Waals surface area contributed by atoms with Crippen molar-refractivity contribution in [2.45, 2.75) is 66.5 Å². The van der Waals surface area contributed by atoms with Gasteiger partial charge in [0.1, 0.15) is 0 Å². The lowest BCUT2D eigenvalue weighted by molar-refractivity contribution is 0.292. The Kier molecular flexibility index (Phi) is 6.42. The van der Waals surface area contributed by atoms with Gasteiger partial charge in [-0.3, -0.25) is 0 Å². The van der Waals surface area contributed by atoms with E-state index in [9.17, 15) is 0 Å². The number of nitrogens with zero attached hydrogens (tertiary/aromatic N) is 4. The van der Waals surface area contributed by atoms with E-state index >= 15 is 0 Å². The van der Waals surface area contributed by atoms with Gasteiger partial charge in [0.15, 0.2) is 5.82 Å². The van der Waals surface area contributed by atoms with Gasteiger partial charge in [-0.2, -0.15) is 0 Å². The van der Waals surface area contributed by atoms with Crippen LogP contribution >= 0.6 is 0 Å². The summed E-state index contributed by atoms with van der Waals surface area (Å²) in [5.41, 5.74) is 0. The molecule has 0 bridgehead atoms. The van der Waals surface area contributed by atoms with E-state index in [4.69, 9.17) is 0 Å². The Balaban J connectivity index is 2.78. The van der Waals surface area contributed by atoms with Crippen LogP contribution in [-0.4, -0.2) is 26.8 Å². The van der Waals surface area contributed by atoms with Crippen LogP contribution in [0.1, 0.15) is 72.3 Å². The molecule has 0 spiro atoms. The van der Waals surface area contributed by atoms with E-state index < -0.39 is 0 Å². The van der Waals surface area contributed by atoms with Crippen LogP contribution in [0.2, 0.25) is 0 Å². The first-order valence-corrected chi connectivity index (χ1v) is 7.52. The normalized spacial score (nSPS) is 15.2. The number of nitrogens with one attached hydrogen (secondary N) is 1. The summed E-state index contributed by atoms with van der Waals surface area (Å²) in [5.74, 6) is 2.20. The van der Waals surface area contributed by atoms with Gasteiger partial charge in [0.25, 0.3) is 0 Å². The highest BCUT2D eigenvalue weighted by molar-refractivity contribution is 4.92. The first-order valence-electron chi connectivity index (χ1n) is 7.52. The molecule has 1 rings (SSSR count). The number of hydrogen-bond acceptors (Lipinski definition) is 4. The highest BCUT2D eigenvalue weighted by Gasteiger charge is 2.22. The van der Waals surface area contributed by atoms with Crippen molar-refractivity contribution in [3.05, 3.63) is 5.82 Å². The third kappa shape index (κ3) is 4.27. The van der Waals surface area contributed by atoms with Crippen LogP contribution in [0.5, 0.6) is 0 Å². The smallest absolute Gasteiger partial charge is 0.168 e. The monoisotopic (exact) mass is 267 g/mol. The van der Waals surface area contributed by atoms with Gasteiger partial charge in [-0.05, 0) is 42.7 Å². The van der Waals surface area contributed by atoms with Gasteiger partial charge in [0, 0.05) is 0 Å². The second kappa shape index (κ2) is 7.58. The van der Waals surface area contributed by atoms with Crippen molar-refractivity contribution in [3.63, 3.8) is 0 Å². The maximum Gasteiger partial charge on any atom is 0.168 e. The number of rotatable bonds is 8. The van der Waals surface area contributed by atoms with Gasteiger partial charge in [-0.25, -0.2) is 4.68 Å². The molecule has 5 heteroatoms. The summed E-state index contributed by atoms with van der Waals surface area (Å²) < 4.78 is 2.00. The Bertz CT molecular complexity index is 356. The maximum absolute atomic E-state index is 4.21. The Labute approximate surface area is 117 Å². The van der Waals surface area contributed by atoms with E-state index in [1.54, 1.807) is 0 Å². The molecular weight excluding hydrogens is 238 g/mol. The first kappa shape index (κ1) is 16.1. The molecule has 0 amide bonds. The maximum atomic E-state index is 4.21. The fourth-order valence-electron chi connectivity index (χ4n) is 2.45. The zero-order valence-corrected chi connectivity index (χ0v) is 13.2. The second-order valence-corrected chi connectivity index (χ2v) is 5.82. The molecule has 2 unspecified atom stereocenters. The average Bonchev–Trinajstić information content (AvgIpc) is 2.86. The van der Waals surface area contributed by atoms with E-state index in [1.165, 1.54) is 0 Å². The predicted octanol–water partition coefficient (Wildman–Crippen LogP) is 2.98. The predicted molar refractivity (Wildman–Crippen MR) is 77.9 cm³/mol. The van der Waals surface area contributed by atoms with Crippen LogP contribution in [0.4, 0.5) is 0 Å². The minimum Gasteiger partial charge on any atom is -0.307 e.